The van der Waals surface area contributed by atoms with Crippen molar-refractivity contribution in [3.63, 3.8) is 0 Å². The second-order valence-corrected chi connectivity index (χ2v) is 5.21. The van der Waals surface area contributed by atoms with Gasteiger partial charge in [-0.2, -0.15) is 0 Å². The van der Waals surface area contributed by atoms with Crippen molar-refractivity contribution in [1.82, 2.24) is 10.6 Å². The molecule has 1 fully saturated rings. The quantitative estimate of drug-likeness (QED) is 0.686. The SMILES string of the molecule is Cl.NCCCCNC(=O)c1ccc(Cl)c(N2CCNC2=O)c1. The summed E-state index contributed by atoms with van der Waals surface area (Å²) in [4.78, 5) is 25.3. The minimum Gasteiger partial charge on any atom is -0.352 e. The standard InChI is InChI=1S/C14H19ClN4O2.ClH/c15-11-4-3-10(13(20)17-6-2-1-5-16)9-12(11)19-8-7-18-14(19)21;/h3-4,9H,1-2,5-8,16H2,(H,17,20)(H,18,21);1H. The lowest BCUT2D eigenvalue weighted by Gasteiger charge is -2.17. The van der Waals surface area contributed by atoms with E-state index in [0.29, 0.717) is 42.5 Å². The van der Waals surface area contributed by atoms with Crippen molar-refractivity contribution < 1.29 is 9.59 Å². The van der Waals surface area contributed by atoms with Crippen LogP contribution in [0, 0.1) is 0 Å². The molecule has 0 saturated carbocycles. The first-order valence-corrected chi connectivity index (χ1v) is 7.34. The molecule has 1 aliphatic heterocycles. The van der Waals surface area contributed by atoms with E-state index < -0.39 is 0 Å². The Morgan fingerprint density at radius 1 is 1.41 bits per heavy atom. The number of nitrogens with two attached hydrogens (primary N) is 1. The molecule has 1 heterocycles. The monoisotopic (exact) mass is 346 g/mol. The van der Waals surface area contributed by atoms with Crippen LogP contribution in [-0.2, 0) is 0 Å². The summed E-state index contributed by atoms with van der Waals surface area (Å²) in [6, 6.07) is 4.73. The maximum Gasteiger partial charge on any atom is 0.322 e. The van der Waals surface area contributed by atoms with Gasteiger partial charge in [-0.1, -0.05) is 11.6 Å². The number of carbonyl (C=O) groups is 2. The molecule has 4 N–H and O–H groups in total. The highest BCUT2D eigenvalue weighted by Gasteiger charge is 2.24. The van der Waals surface area contributed by atoms with Gasteiger partial charge in [0.2, 0.25) is 0 Å². The zero-order valence-corrected chi connectivity index (χ0v) is 13.7. The molecule has 3 amide bonds. The van der Waals surface area contributed by atoms with Crippen molar-refractivity contribution in [3.8, 4) is 0 Å². The molecule has 0 spiro atoms. The number of amides is 3. The van der Waals surface area contributed by atoms with Gasteiger partial charge in [0.15, 0.2) is 0 Å². The topological polar surface area (TPSA) is 87.5 Å². The summed E-state index contributed by atoms with van der Waals surface area (Å²) in [5, 5.41) is 5.98. The van der Waals surface area contributed by atoms with E-state index >= 15 is 0 Å². The Bertz CT molecular complexity index is 540. The number of anilines is 1. The van der Waals surface area contributed by atoms with E-state index in [1.165, 1.54) is 4.90 Å². The predicted molar refractivity (Wildman–Crippen MR) is 90.1 cm³/mol. The number of nitrogens with one attached hydrogen (secondary N) is 2. The Kier molecular flexibility index (Phi) is 7.44. The van der Waals surface area contributed by atoms with E-state index in [0.717, 1.165) is 12.8 Å². The average Bonchev–Trinajstić information content (AvgIpc) is 2.90. The largest absolute Gasteiger partial charge is 0.352 e. The highest BCUT2D eigenvalue weighted by molar-refractivity contribution is 6.34. The van der Waals surface area contributed by atoms with Crippen LogP contribution in [0.25, 0.3) is 0 Å². The second-order valence-electron chi connectivity index (χ2n) is 4.80. The molecule has 1 aliphatic rings. The van der Waals surface area contributed by atoms with Gasteiger partial charge in [-0.25, -0.2) is 4.79 Å². The van der Waals surface area contributed by atoms with Gasteiger partial charge in [-0.15, -0.1) is 12.4 Å². The molecule has 0 aromatic heterocycles. The second kappa shape index (κ2) is 8.82. The fourth-order valence-electron chi connectivity index (χ4n) is 2.14. The summed E-state index contributed by atoms with van der Waals surface area (Å²) in [5.74, 6) is -0.176. The zero-order valence-electron chi connectivity index (χ0n) is 12.1. The van der Waals surface area contributed by atoms with Crippen molar-refractivity contribution >= 4 is 41.6 Å². The molecule has 0 bridgehead atoms. The van der Waals surface area contributed by atoms with Gasteiger partial charge >= 0.3 is 6.03 Å². The van der Waals surface area contributed by atoms with Crippen LogP contribution in [0.2, 0.25) is 5.02 Å². The van der Waals surface area contributed by atoms with Crippen molar-refractivity contribution in [2.75, 3.05) is 31.1 Å². The summed E-state index contributed by atoms with van der Waals surface area (Å²) in [5.41, 5.74) is 6.45. The van der Waals surface area contributed by atoms with Gasteiger partial charge in [0.05, 0.1) is 10.7 Å². The third kappa shape index (κ3) is 4.50. The number of nitrogens with zero attached hydrogens (tertiary/aromatic N) is 1. The van der Waals surface area contributed by atoms with Gasteiger partial charge in [0.1, 0.15) is 0 Å². The molecule has 6 nitrogen and oxygen atoms in total. The Balaban J connectivity index is 0.00000242. The molecule has 122 valence electrons. The molecule has 0 aliphatic carbocycles. The molecule has 0 atom stereocenters. The van der Waals surface area contributed by atoms with Crippen LogP contribution in [0.3, 0.4) is 0 Å². The van der Waals surface area contributed by atoms with Crippen molar-refractivity contribution in [2.24, 2.45) is 5.73 Å². The Morgan fingerprint density at radius 3 is 2.82 bits per heavy atom. The minimum absolute atomic E-state index is 0. The lowest BCUT2D eigenvalue weighted by Crippen LogP contribution is -2.29. The van der Waals surface area contributed by atoms with Crippen LogP contribution in [-0.4, -0.2) is 38.1 Å². The highest BCUT2D eigenvalue weighted by Crippen LogP contribution is 2.28. The Labute approximate surface area is 140 Å². The number of carbonyl (C=O) groups excluding carboxylic acids is 2. The average molecular weight is 347 g/mol. The van der Waals surface area contributed by atoms with E-state index in [-0.39, 0.29) is 24.3 Å². The summed E-state index contributed by atoms with van der Waals surface area (Å²) in [6.07, 6.45) is 1.72. The van der Waals surface area contributed by atoms with Crippen LogP contribution in [0.5, 0.6) is 0 Å². The molecular weight excluding hydrogens is 327 g/mol. The van der Waals surface area contributed by atoms with Crippen molar-refractivity contribution in [2.45, 2.75) is 12.8 Å². The molecular formula is C14H20Cl2N4O2. The zero-order chi connectivity index (χ0) is 15.2. The number of halogens is 2. The van der Waals surface area contributed by atoms with Gasteiger partial charge in [0.25, 0.3) is 5.91 Å². The fraction of sp³-hybridized carbons (Fsp3) is 0.429. The Morgan fingerprint density at radius 2 is 2.18 bits per heavy atom. The van der Waals surface area contributed by atoms with E-state index in [2.05, 4.69) is 10.6 Å². The minimum atomic E-state index is -0.197. The summed E-state index contributed by atoms with van der Waals surface area (Å²) in [7, 11) is 0. The molecule has 0 unspecified atom stereocenters. The summed E-state index contributed by atoms with van der Waals surface area (Å²) >= 11 is 6.12. The van der Waals surface area contributed by atoms with E-state index in [9.17, 15) is 9.59 Å². The van der Waals surface area contributed by atoms with Crippen LogP contribution in [0.1, 0.15) is 23.2 Å². The van der Waals surface area contributed by atoms with E-state index in [4.69, 9.17) is 17.3 Å². The van der Waals surface area contributed by atoms with Gasteiger partial charge < -0.3 is 16.4 Å². The lowest BCUT2D eigenvalue weighted by atomic mass is 10.1. The number of hydrogen-bond acceptors (Lipinski definition) is 3. The van der Waals surface area contributed by atoms with E-state index in [1.54, 1.807) is 18.2 Å². The van der Waals surface area contributed by atoms with Crippen LogP contribution < -0.4 is 21.3 Å². The maximum absolute atomic E-state index is 12.1. The normalized spacial score (nSPS) is 13.5. The lowest BCUT2D eigenvalue weighted by molar-refractivity contribution is 0.0953. The molecule has 1 aromatic carbocycles. The van der Waals surface area contributed by atoms with Gasteiger partial charge in [0, 0.05) is 25.2 Å². The Hall–Kier alpha value is -1.50. The first-order chi connectivity index (χ1) is 10.1. The van der Waals surface area contributed by atoms with Crippen molar-refractivity contribution in [1.29, 1.82) is 0 Å². The smallest absolute Gasteiger partial charge is 0.322 e. The van der Waals surface area contributed by atoms with Crippen LogP contribution in [0.4, 0.5) is 10.5 Å². The molecule has 0 radical (unpaired) electrons. The first kappa shape index (κ1) is 18.5. The fourth-order valence-corrected chi connectivity index (χ4v) is 2.36. The number of urea groups is 1. The maximum atomic E-state index is 12.1. The molecule has 22 heavy (non-hydrogen) atoms. The van der Waals surface area contributed by atoms with Gasteiger partial charge in [-0.05, 0) is 37.6 Å². The number of rotatable bonds is 6. The first-order valence-electron chi connectivity index (χ1n) is 6.96. The molecule has 2 rings (SSSR count). The third-order valence-electron chi connectivity index (χ3n) is 3.27. The summed E-state index contributed by atoms with van der Waals surface area (Å²) < 4.78 is 0. The van der Waals surface area contributed by atoms with E-state index in [1.807, 2.05) is 0 Å². The van der Waals surface area contributed by atoms with Gasteiger partial charge in [-0.3, -0.25) is 9.69 Å². The molecule has 1 aromatic rings. The molecule has 8 heteroatoms. The van der Waals surface area contributed by atoms with Crippen LogP contribution >= 0.6 is 24.0 Å². The summed E-state index contributed by atoms with van der Waals surface area (Å²) in [6.45, 7) is 2.31. The number of unbranched alkanes of at least 4 members (excludes halogenated alkanes) is 1. The molecule has 1 saturated heterocycles. The third-order valence-corrected chi connectivity index (χ3v) is 3.59. The highest BCUT2D eigenvalue weighted by atomic mass is 35.5. The van der Waals surface area contributed by atoms with Crippen LogP contribution in [0.15, 0.2) is 18.2 Å². The van der Waals surface area contributed by atoms with Crippen molar-refractivity contribution in [3.05, 3.63) is 28.8 Å². The number of benzene rings is 1. The predicted octanol–water partition coefficient (Wildman–Crippen LogP) is 1.76. The number of hydrogen-bond donors (Lipinski definition) is 3.